The van der Waals surface area contributed by atoms with Crippen molar-refractivity contribution in [2.24, 2.45) is 34.8 Å². The standard InChI is InChI=1S/C25H28N2O3/c26-24(29)25-13-15-10-16(14-25)12-20(11-15)22(25)21(17-4-2-1-3-5-17)18-6-8-19(9-7-18)23(28)27-30/h1-9,15-16,20-22,30H,10-14H2,(H2,26,29)(H,27,28)/t15?,16?,20?,21-,22?,25?/m0/s1. The molecule has 4 saturated carbocycles. The molecular formula is C25H28N2O3. The molecule has 2 amide bonds. The quantitative estimate of drug-likeness (QED) is 0.522. The number of hydrogen-bond acceptors (Lipinski definition) is 3. The number of benzene rings is 2. The van der Waals surface area contributed by atoms with Crippen molar-refractivity contribution < 1.29 is 14.8 Å². The van der Waals surface area contributed by atoms with Gasteiger partial charge in [-0.25, -0.2) is 5.48 Å². The summed E-state index contributed by atoms with van der Waals surface area (Å²) in [6.45, 7) is 0. The van der Waals surface area contributed by atoms with Crippen LogP contribution in [0.4, 0.5) is 0 Å². The van der Waals surface area contributed by atoms with Crippen molar-refractivity contribution in [3.63, 3.8) is 0 Å². The first kappa shape index (κ1) is 19.3. The molecule has 4 atom stereocenters. The third kappa shape index (κ3) is 2.95. The van der Waals surface area contributed by atoms with Crippen LogP contribution in [0.3, 0.4) is 0 Å². The minimum absolute atomic E-state index is 0.0509. The normalized spacial score (nSPS) is 32.6. The minimum Gasteiger partial charge on any atom is -0.369 e. The maximum absolute atomic E-state index is 13.0. The lowest BCUT2D eigenvalue weighted by Crippen LogP contribution is -2.59. The van der Waals surface area contributed by atoms with Gasteiger partial charge in [-0.1, -0.05) is 42.5 Å². The number of carbonyl (C=O) groups is 2. The van der Waals surface area contributed by atoms with E-state index in [1.165, 1.54) is 24.8 Å². The lowest BCUT2D eigenvalue weighted by Gasteiger charge is -2.61. The highest BCUT2D eigenvalue weighted by Crippen LogP contribution is 2.66. The lowest BCUT2D eigenvalue weighted by atomic mass is 9.42. The molecule has 0 saturated heterocycles. The van der Waals surface area contributed by atoms with E-state index in [-0.39, 0.29) is 17.7 Å². The number of rotatable bonds is 5. The Kier molecular flexibility index (Phi) is 4.66. The Hall–Kier alpha value is -2.66. The van der Waals surface area contributed by atoms with Gasteiger partial charge in [0.15, 0.2) is 0 Å². The fraction of sp³-hybridized carbons (Fsp3) is 0.440. The van der Waals surface area contributed by atoms with E-state index in [2.05, 4.69) is 12.1 Å². The van der Waals surface area contributed by atoms with Gasteiger partial charge in [-0.2, -0.15) is 0 Å². The summed E-state index contributed by atoms with van der Waals surface area (Å²) in [6.07, 6.45) is 5.44. The van der Waals surface area contributed by atoms with Crippen LogP contribution in [0.5, 0.6) is 0 Å². The summed E-state index contributed by atoms with van der Waals surface area (Å²) in [4.78, 5) is 24.7. The molecule has 4 aliphatic rings. The first-order valence-electron chi connectivity index (χ1n) is 10.9. The number of amides is 2. The molecule has 0 aromatic heterocycles. The van der Waals surface area contributed by atoms with E-state index >= 15 is 0 Å². The van der Waals surface area contributed by atoms with Gasteiger partial charge in [0, 0.05) is 11.5 Å². The van der Waals surface area contributed by atoms with Crippen LogP contribution >= 0.6 is 0 Å². The molecule has 4 aliphatic carbocycles. The summed E-state index contributed by atoms with van der Waals surface area (Å²) in [5.74, 6) is 1.30. The molecule has 6 rings (SSSR count). The molecule has 5 nitrogen and oxygen atoms in total. The average Bonchev–Trinajstić information content (AvgIpc) is 2.76. The van der Waals surface area contributed by atoms with E-state index in [4.69, 9.17) is 10.9 Å². The van der Waals surface area contributed by atoms with Gasteiger partial charge in [-0.15, -0.1) is 0 Å². The van der Waals surface area contributed by atoms with Gasteiger partial charge < -0.3 is 5.73 Å². The predicted molar refractivity (Wildman–Crippen MR) is 113 cm³/mol. The smallest absolute Gasteiger partial charge is 0.274 e. The van der Waals surface area contributed by atoms with Crippen molar-refractivity contribution in [3.8, 4) is 0 Å². The van der Waals surface area contributed by atoms with Crippen LogP contribution in [0, 0.1) is 29.1 Å². The molecule has 5 heteroatoms. The van der Waals surface area contributed by atoms with E-state index in [0.29, 0.717) is 23.3 Å². The zero-order chi connectivity index (χ0) is 20.9. The number of carbonyl (C=O) groups excluding carboxylic acids is 2. The summed E-state index contributed by atoms with van der Waals surface area (Å²) < 4.78 is 0. The molecule has 0 spiro atoms. The summed E-state index contributed by atoms with van der Waals surface area (Å²) >= 11 is 0. The number of primary amides is 1. The summed E-state index contributed by atoms with van der Waals surface area (Å²) in [7, 11) is 0. The fourth-order valence-electron chi connectivity index (χ4n) is 7.21. The van der Waals surface area contributed by atoms with Gasteiger partial charge in [-0.3, -0.25) is 14.8 Å². The predicted octanol–water partition coefficient (Wildman–Crippen LogP) is 3.87. The zero-order valence-electron chi connectivity index (χ0n) is 17.0. The van der Waals surface area contributed by atoms with Crippen LogP contribution in [0.15, 0.2) is 54.6 Å². The van der Waals surface area contributed by atoms with E-state index < -0.39 is 11.3 Å². The number of nitrogens with one attached hydrogen (secondary N) is 1. The lowest BCUT2D eigenvalue weighted by molar-refractivity contribution is -0.158. The number of hydroxylamine groups is 1. The Morgan fingerprint density at radius 1 is 0.933 bits per heavy atom. The highest BCUT2D eigenvalue weighted by atomic mass is 16.5. The highest BCUT2D eigenvalue weighted by Gasteiger charge is 2.61. The maximum atomic E-state index is 13.0. The van der Waals surface area contributed by atoms with Crippen LogP contribution in [0.1, 0.15) is 59.5 Å². The molecule has 0 heterocycles. The largest absolute Gasteiger partial charge is 0.369 e. The Labute approximate surface area is 176 Å². The van der Waals surface area contributed by atoms with Crippen molar-refractivity contribution in [2.75, 3.05) is 0 Å². The molecular weight excluding hydrogens is 376 g/mol. The molecule has 2 aromatic carbocycles. The molecule has 4 fully saturated rings. The molecule has 0 radical (unpaired) electrons. The Morgan fingerprint density at radius 2 is 1.53 bits per heavy atom. The molecule has 156 valence electrons. The Balaban J connectivity index is 1.62. The Morgan fingerprint density at radius 3 is 2.10 bits per heavy atom. The second-order valence-electron chi connectivity index (χ2n) is 9.60. The topological polar surface area (TPSA) is 92.4 Å². The molecule has 0 aliphatic heterocycles. The van der Waals surface area contributed by atoms with Crippen molar-refractivity contribution in [2.45, 2.75) is 38.0 Å². The fourth-order valence-corrected chi connectivity index (χ4v) is 7.21. The van der Waals surface area contributed by atoms with Crippen LogP contribution in [0.25, 0.3) is 0 Å². The van der Waals surface area contributed by atoms with E-state index in [0.717, 1.165) is 18.4 Å². The molecule has 2 aromatic rings. The summed E-state index contributed by atoms with van der Waals surface area (Å²) in [5, 5.41) is 8.93. The highest BCUT2D eigenvalue weighted by molar-refractivity contribution is 5.93. The Bertz CT molecular complexity index is 942. The van der Waals surface area contributed by atoms with E-state index in [1.54, 1.807) is 17.6 Å². The van der Waals surface area contributed by atoms with Gasteiger partial charge >= 0.3 is 0 Å². The first-order chi connectivity index (χ1) is 14.5. The van der Waals surface area contributed by atoms with Crippen molar-refractivity contribution in [3.05, 3.63) is 71.3 Å². The monoisotopic (exact) mass is 404 g/mol. The van der Waals surface area contributed by atoms with Gasteiger partial charge in [-0.05, 0) is 79.0 Å². The molecule has 3 unspecified atom stereocenters. The first-order valence-corrected chi connectivity index (χ1v) is 10.9. The van der Waals surface area contributed by atoms with Crippen LogP contribution in [-0.4, -0.2) is 17.0 Å². The van der Waals surface area contributed by atoms with Crippen LogP contribution in [-0.2, 0) is 4.79 Å². The van der Waals surface area contributed by atoms with E-state index in [1.807, 2.05) is 30.3 Å². The minimum atomic E-state index is -0.527. The van der Waals surface area contributed by atoms with Gasteiger partial charge in [0.1, 0.15) is 0 Å². The second-order valence-corrected chi connectivity index (χ2v) is 9.60. The summed E-state index contributed by atoms with van der Waals surface area (Å²) in [5.41, 5.74) is 10.1. The summed E-state index contributed by atoms with van der Waals surface area (Å²) in [6, 6.07) is 17.8. The van der Waals surface area contributed by atoms with Crippen molar-refractivity contribution >= 4 is 11.8 Å². The second kappa shape index (κ2) is 7.24. The third-order valence-electron chi connectivity index (χ3n) is 8.03. The molecule has 30 heavy (non-hydrogen) atoms. The van der Waals surface area contributed by atoms with Crippen LogP contribution < -0.4 is 11.2 Å². The molecule has 4 N–H and O–H groups in total. The van der Waals surface area contributed by atoms with Gasteiger partial charge in [0.25, 0.3) is 5.91 Å². The van der Waals surface area contributed by atoms with Crippen molar-refractivity contribution in [1.82, 2.24) is 5.48 Å². The van der Waals surface area contributed by atoms with Crippen molar-refractivity contribution in [1.29, 1.82) is 0 Å². The maximum Gasteiger partial charge on any atom is 0.274 e. The number of hydrogen-bond donors (Lipinski definition) is 3. The van der Waals surface area contributed by atoms with E-state index in [9.17, 15) is 9.59 Å². The SMILES string of the molecule is NC(=O)C12CC3CC(CC(C3)C1[C@@H](c1ccccc1)c1ccc(C(=O)NO)cc1)C2. The third-order valence-corrected chi connectivity index (χ3v) is 8.03. The average molecular weight is 405 g/mol. The van der Waals surface area contributed by atoms with Gasteiger partial charge in [0.2, 0.25) is 5.91 Å². The van der Waals surface area contributed by atoms with Crippen LogP contribution in [0.2, 0.25) is 0 Å². The van der Waals surface area contributed by atoms with Gasteiger partial charge in [0.05, 0.1) is 5.41 Å². The molecule has 4 bridgehead atoms. The number of nitrogens with two attached hydrogens (primary N) is 1. The zero-order valence-corrected chi connectivity index (χ0v) is 17.0.